The number of rotatable bonds is 3. The number of anilines is 1. The third-order valence-corrected chi connectivity index (χ3v) is 2.08. The Labute approximate surface area is 83.9 Å². The predicted octanol–water partition coefficient (Wildman–Crippen LogP) is 2.78. The number of carbonyl (C=O) groups excluding carboxylic acids is 1. The summed E-state index contributed by atoms with van der Waals surface area (Å²) in [7, 11) is 0. The molecule has 70 valence electrons. The number of ketones is 1. The van der Waals surface area contributed by atoms with Crippen LogP contribution < -0.4 is 4.72 Å². The van der Waals surface area contributed by atoms with Gasteiger partial charge in [-0.15, -0.1) is 0 Å². The van der Waals surface area contributed by atoms with E-state index in [1.807, 2.05) is 26.0 Å². The van der Waals surface area contributed by atoms with Crippen molar-refractivity contribution in [1.82, 2.24) is 0 Å². The van der Waals surface area contributed by atoms with Gasteiger partial charge in [-0.3, -0.25) is 4.79 Å². The van der Waals surface area contributed by atoms with Crippen molar-refractivity contribution in [2.75, 3.05) is 4.72 Å². The van der Waals surface area contributed by atoms with E-state index < -0.39 is 0 Å². The first kappa shape index (κ1) is 10.1. The third kappa shape index (κ3) is 2.49. The molecule has 0 aromatic heterocycles. The van der Waals surface area contributed by atoms with Gasteiger partial charge in [-0.1, -0.05) is 26.7 Å². The van der Waals surface area contributed by atoms with Crippen LogP contribution in [0.1, 0.15) is 24.2 Å². The van der Waals surface area contributed by atoms with E-state index in [2.05, 4.69) is 17.5 Å². The van der Waals surface area contributed by atoms with Crippen LogP contribution in [0.5, 0.6) is 0 Å². The lowest BCUT2D eigenvalue weighted by Crippen LogP contribution is -2.06. The standard InChI is InChI=1S/C10H13NOS/c1-7(2)10(12)8-3-5-9(11-13)6-4-8/h3-7,11,13H,1-2H3. The summed E-state index contributed by atoms with van der Waals surface area (Å²) in [6.07, 6.45) is 0. The molecule has 1 aromatic rings. The minimum absolute atomic E-state index is 0.0508. The van der Waals surface area contributed by atoms with Gasteiger partial charge < -0.3 is 4.72 Å². The topological polar surface area (TPSA) is 29.1 Å². The van der Waals surface area contributed by atoms with Crippen molar-refractivity contribution in [2.24, 2.45) is 5.92 Å². The third-order valence-electron chi connectivity index (χ3n) is 1.82. The molecule has 0 saturated heterocycles. The Bertz CT molecular complexity index is 292. The normalized spacial score (nSPS) is 10.2. The summed E-state index contributed by atoms with van der Waals surface area (Å²) in [5, 5.41) is 0. The second kappa shape index (κ2) is 4.33. The van der Waals surface area contributed by atoms with Gasteiger partial charge in [-0.2, -0.15) is 0 Å². The van der Waals surface area contributed by atoms with E-state index in [0.29, 0.717) is 0 Å². The highest BCUT2D eigenvalue weighted by Gasteiger charge is 2.09. The van der Waals surface area contributed by atoms with Crippen LogP contribution in [0.25, 0.3) is 0 Å². The largest absolute Gasteiger partial charge is 0.332 e. The number of hydrogen-bond donors (Lipinski definition) is 2. The molecule has 3 heteroatoms. The molecule has 0 amide bonds. The Morgan fingerprint density at radius 3 is 2.23 bits per heavy atom. The Balaban J connectivity index is 2.86. The molecule has 0 saturated carbocycles. The van der Waals surface area contributed by atoms with E-state index in [-0.39, 0.29) is 11.7 Å². The molecular formula is C10H13NOS. The molecule has 0 aliphatic heterocycles. The van der Waals surface area contributed by atoms with Crippen molar-refractivity contribution in [1.29, 1.82) is 0 Å². The number of nitrogens with one attached hydrogen (secondary N) is 1. The van der Waals surface area contributed by atoms with Gasteiger partial charge in [-0.05, 0) is 24.3 Å². The summed E-state index contributed by atoms with van der Waals surface area (Å²) in [4.78, 5) is 11.5. The van der Waals surface area contributed by atoms with Gasteiger partial charge in [0.05, 0.1) is 0 Å². The fourth-order valence-corrected chi connectivity index (χ4v) is 1.19. The summed E-state index contributed by atoms with van der Waals surface area (Å²) in [5.74, 6) is 0.223. The lowest BCUT2D eigenvalue weighted by Gasteiger charge is -2.04. The van der Waals surface area contributed by atoms with Gasteiger partial charge in [0.25, 0.3) is 0 Å². The molecule has 2 nitrogen and oxygen atoms in total. The van der Waals surface area contributed by atoms with Crippen LogP contribution in [0.2, 0.25) is 0 Å². The Morgan fingerprint density at radius 2 is 1.85 bits per heavy atom. The minimum Gasteiger partial charge on any atom is -0.332 e. The van der Waals surface area contributed by atoms with E-state index in [0.717, 1.165) is 11.3 Å². The molecule has 0 aliphatic carbocycles. The monoisotopic (exact) mass is 195 g/mol. The van der Waals surface area contributed by atoms with Crippen molar-refractivity contribution in [3.63, 3.8) is 0 Å². The Morgan fingerprint density at radius 1 is 1.31 bits per heavy atom. The zero-order valence-corrected chi connectivity index (χ0v) is 8.64. The molecule has 1 aromatic carbocycles. The second-order valence-corrected chi connectivity index (χ2v) is 3.43. The van der Waals surface area contributed by atoms with E-state index in [1.54, 1.807) is 12.1 Å². The van der Waals surface area contributed by atoms with Crippen molar-refractivity contribution < 1.29 is 4.79 Å². The zero-order valence-electron chi connectivity index (χ0n) is 7.74. The van der Waals surface area contributed by atoms with Crippen molar-refractivity contribution >= 4 is 24.3 Å². The van der Waals surface area contributed by atoms with Crippen LogP contribution in [-0.4, -0.2) is 5.78 Å². The molecule has 0 atom stereocenters. The fraction of sp³-hybridized carbons (Fsp3) is 0.300. The van der Waals surface area contributed by atoms with Crippen LogP contribution in [0.3, 0.4) is 0 Å². The molecule has 0 radical (unpaired) electrons. The van der Waals surface area contributed by atoms with Crippen LogP contribution in [0.15, 0.2) is 24.3 Å². The fourth-order valence-electron chi connectivity index (χ4n) is 1.04. The smallest absolute Gasteiger partial charge is 0.165 e. The predicted molar refractivity (Wildman–Crippen MR) is 58.2 cm³/mol. The highest BCUT2D eigenvalue weighted by Crippen LogP contribution is 2.13. The van der Waals surface area contributed by atoms with Crippen LogP contribution >= 0.6 is 12.8 Å². The highest BCUT2D eigenvalue weighted by atomic mass is 32.1. The number of carbonyl (C=O) groups is 1. The number of benzene rings is 1. The Kier molecular flexibility index (Phi) is 3.37. The van der Waals surface area contributed by atoms with Crippen molar-refractivity contribution in [3.05, 3.63) is 29.8 Å². The molecule has 1 N–H and O–H groups in total. The van der Waals surface area contributed by atoms with Crippen molar-refractivity contribution in [2.45, 2.75) is 13.8 Å². The van der Waals surface area contributed by atoms with Gasteiger partial charge in [0, 0.05) is 17.2 Å². The molecule has 0 heterocycles. The zero-order chi connectivity index (χ0) is 9.84. The SMILES string of the molecule is CC(C)C(=O)c1ccc(NS)cc1. The van der Waals surface area contributed by atoms with Crippen molar-refractivity contribution in [3.8, 4) is 0 Å². The number of thiol groups is 1. The molecule has 0 spiro atoms. The summed E-state index contributed by atoms with van der Waals surface area (Å²) in [5.41, 5.74) is 1.64. The first-order valence-corrected chi connectivity index (χ1v) is 4.64. The summed E-state index contributed by atoms with van der Waals surface area (Å²) in [6.45, 7) is 3.79. The molecule has 0 bridgehead atoms. The van der Waals surface area contributed by atoms with Gasteiger partial charge in [0.2, 0.25) is 0 Å². The van der Waals surface area contributed by atoms with Gasteiger partial charge in [-0.25, -0.2) is 0 Å². The maximum absolute atomic E-state index is 11.5. The first-order valence-electron chi connectivity index (χ1n) is 4.19. The van der Waals surface area contributed by atoms with Gasteiger partial charge in [0.1, 0.15) is 0 Å². The van der Waals surface area contributed by atoms with E-state index in [9.17, 15) is 4.79 Å². The molecule has 0 aliphatic rings. The molecule has 0 fully saturated rings. The first-order chi connectivity index (χ1) is 6.15. The maximum Gasteiger partial charge on any atom is 0.165 e. The van der Waals surface area contributed by atoms with E-state index in [4.69, 9.17) is 0 Å². The highest BCUT2D eigenvalue weighted by molar-refractivity contribution is 7.81. The molecule has 1 rings (SSSR count). The summed E-state index contributed by atoms with van der Waals surface area (Å²) >= 11 is 3.90. The van der Waals surface area contributed by atoms with E-state index >= 15 is 0 Å². The quantitative estimate of drug-likeness (QED) is 0.573. The molecule has 13 heavy (non-hydrogen) atoms. The lowest BCUT2D eigenvalue weighted by atomic mass is 10.0. The van der Waals surface area contributed by atoms with Gasteiger partial charge >= 0.3 is 0 Å². The number of hydrogen-bond acceptors (Lipinski definition) is 3. The Hall–Kier alpha value is -0.960. The maximum atomic E-state index is 11.5. The average Bonchev–Trinajstić information content (AvgIpc) is 2.17. The summed E-state index contributed by atoms with van der Waals surface area (Å²) < 4.78 is 2.71. The number of Topliss-reactive ketones (excluding diaryl/α,β-unsaturated/α-hetero) is 1. The minimum atomic E-state index is 0.0508. The molecular weight excluding hydrogens is 182 g/mol. The second-order valence-electron chi connectivity index (χ2n) is 3.21. The van der Waals surface area contributed by atoms with Crippen LogP contribution in [0.4, 0.5) is 5.69 Å². The van der Waals surface area contributed by atoms with Crippen LogP contribution in [-0.2, 0) is 0 Å². The van der Waals surface area contributed by atoms with Crippen LogP contribution in [0, 0.1) is 5.92 Å². The summed E-state index contributed by atoms with van der Waals surface area (Å²) in [6, 6.07) is 7.28. The average molecular weight is 195 g/mol. The van der Waals surface area contributed by atoms with Gasteiger partial charge in [0.15, 0.2) is 5.78 Å². The van der Waals surface area contributed by atoms with E-state index in [1.165, 1.54) is 0 Å². The lowest BCUT2D eigenvalue weighted by molar-refractivity contribution is 0.0939. The molecule has 0 unspecified atom stereocenters.